The van der Waals surface area contributed by atoms with E-state index in [4.69, 9.17) is 0 Å². The van der Waals surface area contributed by atoms with E-state index in [9.17, 15) is 0 Å². The van der Waals surface area contributed by atoms with Crippen LogP contribution in [0.15, 0.2) is 0 Å². The fraction of sp³-hybridized carbons (Fsp3) is 1.00. The van der Waals surface area contributed by atoms with Crippen LogP contribution in [0.5, 0.6) is 0 Å². The zero-order chi connectivity index (χ0) is 5.98. The topological polar surface area (TPSA) is 6.48 Å². The van der Waals surface area contributed by atoms with Crippen LogP contribution in [-0.4, -0.2) is 35.5 Å². The van der Waals surface area contributed by atoms with E-state index < -0.39 is 0 Å². The lowest BCUT2D eigenvalue weighted by Gasteiger charge is -2.09. The van der Waals surface area contributed by atoms with E-state index in [0.29, 0.717) is 0 Å². The second-order valence-corrected chi connectivity index (χ2v) is 2.65. The third-order valence-corrected chi connectivity index (χ3v) is 1.81. The van der Waals surface area contributed by atoms with Crippen LogP contribution in [0.3, 0.4) is 0 Å². The summed E-state index contributed by atoms with van der Waals surface area (Å²) in [6.07, 6.45) is 0. The molecule has 2 nitrogen and oxygen atoms in total. The second-order valence-electron chi connectivity index (χ2n) is 2.08. The monoisotopic (exact) mass is 132 g/mol. The Labute approximate surface area is 56.0 Å². The third-order valence-electron chi connectivity index (χ3n) is 1.48. The summed E-state index contributed by atoms with van der Waals surface area (Å²) in [6, 6.07) is 0. The first-order valence-electron chi connectivity index (χ1n) is 2.99. The van der Waals surface area contributed by atoms with Crippen molar-refractivity contribution in [3.63, 3.8) is 0 Å². The van der Waals surface area contributed by atoms with Gasteiger partial charge in [-0.2, -0.15) is 0 Å². The maximum atomic E-state index is 4.20. The summed E-state index contributed by atoms with van der Waals surface area (Å²) in [4.78, 5) is 2.35. The van der Waals surface area contributed by atoms with E-state index in [1.165, 1.54) is 6.54 Å². The molecule has 0 spiro atoms. The Morgan fingerprint density at radius 2 is 2.25 bits per heavy atom. The van der Waals surface area contributed by atoms with Crippen molar-refractivity contribution in [2.24, 2.45) is 0 Å². The van der Waals surface area contributed by atoms with Crippen molar-refractivity contribution in [2.75, 3.05) is 26.3 Å². The van der Waals surface area contributed by atoms with Crippen LogP contribution in [0.1, 0.15) is 6.92 Å². The van der Waals surface area contributed by atoms with Crippen LogP contribution >= 0.6 is 12.8 Å². The lowest BCUT2D eigenvalue weighted by molar-refractivity contribution is 0.329. The van der Waals surface area contributed by atoms with Crippen molar-refractivity contribution in [2.45, 2.75) is 6.92 Å². The SMILES string of the molecule is CCN1CCN(S)C1. The van der Waals surface area contributed by atoms with E-state index in [2.05, 4.69) is 24.6 Å². The van der Waals surface area contributed by atoms with Crippen LogP contribution in [0, 0.1) is 0 Å². The molecule has 1 aliphatic rings. The molecule has 0 aliphatic carbocycles. The van der Waals surface area contributed by atoms with Gasteiger partial charge in [0.2, 0.25) is 0 Å². The molecule has 1 fully saturated rings. The van der Waals surface area contributed by atoms with Gasteiger partial charge in [-0.05, 0) is 6.54 Å². The lowest BCUT2D eigenvalue weighted by Crippen LogP contribution is -2.20. The molecule has 1 heterocycles. The summed E-state index contributed by atoms with van der Waals surface area (Å²) in [6.45, 7) is 6.64. The van der Waals surface area contributed by atoms with Crippen LogP contribution in [-0.2, 0) is 0 Å². The average molecular weight is 132 g/mol. The smallest absolute Gasteiger partial charge is 0.0604 e. The molecule has 3 heteroatoms. The first-order chi connectivity index (χ1) is 3.83. The normalized spacial score (nSPS) is 24.8. The molecule has 1 saturated heterocycles. The van der Waals surface area contributed by atoms with Crippen molar-refractivity contribution in [3.8, 4) is 0 Å². The highest BCUT2D eigenvalue weighted by atomic mass is 32.1. The van der Waals surface area contributed by atoms with Gasteiger partial charge in [-0.1, -0.05) is 19.7 Å². The molecule has 0 amide bonds. The van der Waals surface area contributed by atoms with Crippen LogP contribution in [0.25, 0.3) is 0 Å². The predicted octanol–water partition coefficient (Wildman–Crippen LogP) is 0.426. The minimum absolute atomic E-state index is 1.03. The number of hydrogen-bond acceptors (Lipinski definition) is 3. The Balaban J connectivity index is 2.22. The van der Waals surface area contributed by atoms with Crippen LogP contribution in [0.4, 0.5) is 0 Å². The molecule has 0 aromatic carbocycles. The summed E-state index contributed by atoms with van der Waals surface area (Å²) >= 11 is 4.20. The van der Waals surface area contributed by atoms with Gasteiger partial charge in [-0.3, -0.25) is 4.90 Å². The Morgan fingerprint density at radius 1 is 1.50 bits per heavy atom. The van der Waals surface area contributed by atoms with Crippen LogP contribution < -0.4 is 0 Å². The largest absolute Gasteiger partial charge is 0.289 e. The minimum Gasteiger partial charge on any atom is -0.289 e. The zero-order valence-corrected chi connectivity index (χ0v) is 6.06. The highest BCUT2D eigenvalue weighted by molar-refractivity contribution is 7.77. The number of rotatable bonds is 1. The van der Waals surface area contributed by atoms with Crippen molar-refractivity contribution in [1.29, 1.82) is 0 Å². The van der Waals surface area contributed by atoms with Crippen molar-refractivity contribution in [1.82, 2.24) is 9.21 Å². The van der Waals surface area contributed by atoms with E-state index in [1.807, 2.05) is 4.31 Å². The van der Waals surface area contributed by atoms with Gasteiger partial charge in [0.15, 0.2) is 0 Å². The maximum absolute atomic E-state index is 4.20. The first-order valence-corrected chi connectivity index (χ1v) is 3.39. The lowest BCUT2D eigenvalue weighted by atomic mass is 10.6. The van der Waals surface area contributed by atoms with E-state index in [1.54, 1.807) is 0 Å². The molecule has 1 rings (SSSR count). The van der Waals surface area contributed by atoms with Gasteiger partial charge in [-0.15, -0.1) is 0 Å². The van der Waals surface area contributed by atoms with Crippen LogP contribution in [0.2, 0.25) is 0 Å². The van der Waals surface area contributed by atoms with Gasteiger partial charge in [0.1, 0.15) is 0 Å². The molecule has 0 atom stereocenters. The highest BCUT2D eigenvalue weighted by Gasteiger charge is 2.13. The van der Waals surface area contributed by atoms with Crippen molar-refractivity contribution >= 4 is 12.8 Å². The standard InChI is InChI=1S/C5H12N2S/c1-2-6-3-4-7(8)5-6/h8H,2-5H2,1H3. The van der Waals surface area contributed by atoms with Crippen molar-refractivity contribution in [3.05, 3.63) is 0 Å². The third kappa shape index (κ3) is 1.37. The van der Waals surface area contributed by atoms with Gasteiger partial charge < -0.3 is 0 Å². The number of nitrogens with zero attached hydrogens (tertiary/aromatic N) is 2. The first kappa shape index (κ1) is 6.39. The Morgan fingerprint density at radius 3 is 2.50 bits per heavy atom. The molecule has 8 heavy (non-hydrogen) atoms. The number of hydrogen-bond donors (Lipinski definition) is 1. The molecule has 0 unspecified atom stereocenters. The van der Waals surface area contributed by atoms with E-state index >= 15 is 0 Å². The molecule has 1 aliphatic heterocycles. The Kier molecular flexibility index (Phi) is 2.16. The van der Waals surface area contributed by atoms with Gasteiger partial charge in [0.05, 0.1) is 6.67 Å². The average Bonchev–Trinajstić information content (AvgIpc) is 2.14. The summed E-state index contributed by atoms with van der Waals surface area (Å²) in [5, 5.41) is 0. The summed E-state index contributed by atoms with van der Waals surface area (Å²) in [7, 11) is 0. The molecule has 48 valence electrons. The van der Waals surface area contributed by atoms with Crippen molar-refractivity contribution < 1.29 is 0 Å². The Hall–Kier alpha value is 0.270. The molecular weight excluding hydrogens is 120 g/mol. The minimum atomic E-state index is 1.03. The quantitative estimate of drug-likeness (QED) is 0.517. The predicted molar refractivity (Wildman–Crippen MR) is 37.8 cm³/mol. The second kappa shape index (κ2) is 2.71. The van der Waals surface area contributed by atoms with E-state index in [0.717, 1.165) is 19.8 Å². The van der Waals surface area contributed by atoms with Gasteiger partial charge in [0, 0.05) is 13.1 Å². The summed E-state index contributed by atoms with van der Waals surface area (Å²) < 4.78 is 2.03. The highest BCUT2D eigenvalue weighted by Crippen LogP contribution is 2.04. The molecule has 0 N–H and O–H groups in total. The number of likely N-dealkylation sites (N-methyl/N-ethyl adjacent to an activating group) is 1. The maximum Gasteiger partial charge on any atom is 0.0604 e. The van der Waals surface area contributed by atoms with Gasteiger partial charge in [-0.25, -0.2) is 4.31 Å². The molecule has 0 aromatic rings. The zero-order valence-electron chi connectivity index (χ0n) is 5.17. The molecular formula is C5H12N2S. The molecule has 0 aromatic heterocycles. The summed E-state index contributed by atoms with van der Waals surface area (Å²) in [5.74, 6) is 0. The number of thiol groups is 1. The molecule has 0 saturated carbocycles. The van der Waals surface area contributed by atoms with Gasteiger partial charge in [0.25, 0.3) is 0 Å². The Bertz CT molecular complexity index is 76.8. The fourth-order valence-corrected chi connectivity index (χ4v) is 1.16. The molecule has 0 bridgehead atoms. The molecule has 0 radical (unpaired) electrons. The van der Waals surface area contributed by atoms with E-state index in [-0.39, 0.29) is 0 Å². The fourth-order valence-electron chi connectivity index (χ4n) is 0.887. The van der Waals surface area contributed by atoms with Gasteiger partial charge >= 0.3 is 0 Å². The summed E-state index contributed by atoms with van der Waals surface area (Å²) in [5.41, 5.74) is 0.